The summed E-state index contributed by atoms with van der Waals surface area (Å²) in [5.74, 6) is -0.330. The number of hydrogen-bond donors (Lipinski definition) is 0. The minimum absolute atomic E-state index is 0.0372. The molecule has 0 aliphatic carbocycles. The van der Waals surface area contributed by atoms with Gasteiger partial charge in [-0.05, 0) is 60.7 Å². The minimum atomic E-state index is -3.61. The van der Waals surface area contributed by atoms with E-state index in [0.29, 0.717) is 28.9 Å². The van der Waals surface area contributed by atoms with Gasteiger partial charge in [-0.1, -0.05) is 42.0 Å². The third-order valence-corrected chi connectivity index (χ3v) is 11.0. The third-order valence-electron chi connectivity index (χ3n) is 6.36. The number of fused-ring (bicyclic) bond motifs is 1. The summed E-state index contributed by atoms with van der Waals surface area (Å²) in [5.41, 5.74) is 3.00. The third kappa shape index (κ3) is 5.19. The average Bonchev–Trinajstić information content (AvgIpc) is 3.53. The van der Waals surface area contributed by atoms with Gasteiger partial charge >= 0.3 is 0 Å². The summed E-state index contributed by atoms with van der Waals surface area (Å²) in [6.07, 6.45) is 5.29. The highest BCUT2D eigenvalue weighted by molar-refractivity contribution is 7.91. The second-order valence-corrected chi connectivity index (χ2v) is 13.6. The summed E-state index contributed by atoms with van der Waals surface area (Å²) < 4.78 is 29.2. The molecule has 11 heteroatoms. The number of aromatic nitrogens is 2. The quantitative estimate of drug-likeness (QED) is 0.294. The minimum Gasteiger partial charge on any atom is -0.283 e. The van der Waals surface area contributed by atoms with Crippen molar-refractivity contribution >= 4 is 65.6 Å². The lowest BCUT2D eigenvalue weighted by Gasteiger charge is -2.32. The maximum absolute atomic E-state index is 13.8. The number of anilines is 1. The van der Waals surface area contributed by atoms with Crippen molar-refractivity contribution in [2.75, 3.05) is 18.0 Å². The van der Waals surface area contributed by atoms with Gasteiger partial charge in [-0.3, -0.25) is 14.7 Å². The Morgan fingerprint density at radius 2 is 1.94 bits per heavy atom. The van der Waals surface area contributed by atoms with Gasteiger partial charge in [0.05, 0.1) is 21.1 Å². The summed E-state index contributed by atoms with van der Waals surface area (Å²) in [6, 6.07) is 13.1. The lowest BCUT2D eigenvalue weighted by atomic mass is 9.96. The van der Waals surface area contributed by atoms with Crippen LogP contribution < -0.4 is 4.90 Å². The molecular weight excluding hydrogens is 536 g/mol. The van der Waals surface area contributed by atoms with Crippen LogP contribution in [0.2, 0.25) is 4.34 Å². The standard InChI is InChI=1S/C25H25ClN4O3S3/c1-2-17-5-6-20-21(14-17)34-25(28-20)30(16-18-4-3-11-27-15-18)24(31)19-9-12-29(13-10-19)36(32,33)23-8-7-22(26)35-23/h3-8,11,14-15,19H,2,9-10,12-13,16H2,1H3. The normalized spacial score (nSPS) is 15.4. The number of piperidine rings is 1. The second-order valence-electron chi connectivity index (χ2n) is 8.67. The van der Waals surface area contributed by atoms with Crippen LogP contribution in [0.15, 0.2) is 59.1 Å². The molecule has 4 heterocycles. The van der Waals surface area contributed by atoms with Gasteiger partial charge < -0.3 is 0 Å². The van der Waals surface area contributed by atoms with E-state index < -0.39 is 10.0 Å². The molecule has 0 spiro atoms. The molecule has 36 heavy (non-hydrogen) atoms. The van der Waals surface area contributed by atoms with E-state index >= 15 is 0 Å². The Morgan fingerprint density at radius 3 is 2.61 bits per heavy atom. The van der Waals surface area contributed by atoms with Crippen LogP contribution in [0.25, 0.3) is 10.2 Å². The van der Waals surface area contributed by atoms with Crippen molar-refractivity contribution in [3.05, 3.63) is 70.3 Å². The first-order chi connectivity index (χ1) is 17.3. The number of thiazole rings is 1. The highest BCUT2D eigenvalue weighted by Gasteiger charge is 2.35. The van der Waals surface area contributed by atoms with E-state index in [1.807, 2.05) is 18.2 Å². The Balaban J connectivity index is 1.38. The van der Waals surface area contributed by atoms with Crippen LogP contribution in [-0.4, -0.2) is 41.7 Å². The van der Waals surface area contributed by atoms with Gasteiger partial charge in [0, 0.05) is 31.4 Å². The van der Waals surface area contributed by atoms with Gasteiger partial charge in [0.15, 0.2) is 5.13 Å². The average molecular weight is 561 g/mol. The molecule has 1 fully saturated rings. The second kappa shape index (κ2) is 10.5. The zero-order valence-electron chi connectivity index (χ0n) is 19.6. The fourth-order valence-corrected chi connectivity index (χ4v) is 8.47. The van der Waals surface area contributed by atoms with Crippen molar-refractivity contribution in [2.45, 2.75) is 36.9 Å². The van der Waals surface area contributed by atoms with Crippen LogP contribution in [0.1, 0.15) is 30.9 Å². The molecule has 0 radical (unpaired) electrons. The highest BCUT2D eigenvalue weighted by atomic mass is 35.5. The van der Waals surface area contributed by atoms with Crippen molar-refractivity contribution in [1.29, 1.82) is 0 Å². The lowest BCUT2D eigenvalue weighted by Crippen LogP contribution is -2.44. The van der Waals surface area contributed by atoms with Crippen LogP contribution in [-0.2, 0) is 27.8 Å². The van der Waals surface area contributed by atoms with Crippen LogP contribution in [0.3, 0.4) is 0 Å². The molecule has 7 nitrogen and oxygen atoms in total. The Morgan fingerprint density at radius 1 is 1.14 bits per heavy atom. The number of sulfonamides is 1. The van der Waals surface area contributed by atoms with Gasteiger partial charge in [0.1, 0.15) is 4.21 Å². The molecule has 1 aromatic carbocycles. The van der Waals surface area contributed by atoms with Gasteiger partial charge in [0.2, 0.25) is 5.91 Å². The van der Waals surface area contributed by atoms with Gasteiger partial charge in [-0.25, -0.2) is 13.4 Å². The van der Waals surface area contributed by atoms with E-state index in [4.69, 9.17) is 16.6 Å². The Labute approximate surface area is 223 Å². The van der Waals surface area contributed by atoms with Crippen molar-refractivity contribution in [2.24, 2.45) is 5.92 Å². The smallest absolute Gasteiger partial charge is 0.252 e. The molecular formula is C25H25ClN4O3S3. The van der Waals surface area contributed by atoms with Crippen LogP contribution >= 0.6 is 34.3 Å². The molecule has 0 N–H and O–H groups in total. The fourth-order valence-electron chi connectivity index (χ4n) is 4.33. The zero-order chi connectivity index (χ0) is 25.3. The molecule has 1 aliphatic rings. The first kappa shape index (κ1) is 25.3. The van der Waals surface area contributed by atoms with Gasteiger partial charge in [-0.2, -0.15) is 4.31 Å². The van der Waals surface area contributed by atoms with Gasteiger partial charge in [0.25, 0.3) is 10.0 Å². The van der Waals surface area contributed by atoms with E-state index in [1.165, 1.54) is 27.3 Å². The summed E-state index contributed by atoms with van der Waals surface area (Å²) in [5, 5.41) is 0.649. The molecule has 4 aromatic rings. The van der Waals surface area contributed by atoms with Crippen LogP contribution in [0, 0.1) is 5.92 Å². The number of benzene rings is 1. The molecule has 0 saturated carbocycles. The molecule has 188 valence electrons. The molecule has 1 aliphatic heterocycles. The summed E-state index contributed by atoms with van der Waals surface area (Å²) in [4.78, 5) is 24.5. The van der Waals surface area contributed by atoms with Crippen LogP contribution in [0.4, 0.5) is 5.13 Å². The molecule has 1 amide bonds. The predicted molar refractivity (Wildman–Crippen MR) is 145 cm³/mol. The fraction of sp³-hybridized carbons (Fsp3) is 0.320. The number of rotatable bonds is 7. The molecule has 0 unspecified atom stereocenters. The number of carbonyl (C=O) groups excluding carboxylic acids is 1. The molecule has 0 bridgehead atoms. The number of thiophene rings is 1. The van der Waals surface area contributed by atoms with E-state index in [0.717, 1.165) is 33.5 Å². The Kier molecular flexibility index (Phi) is 7.41. The topological polar surface area (TPSA) is 83.5 Å². The molecule has 3 aromatic heterocycles. The number of halogens is 1. The Bertz CT molecular complexity index is 1480. The summed E-state index contributed by atoms with van der Waals surface area (Å²) in [7, 11) is -3.61. The number of aryl methyl sites for hydroxylation is 1. The number of carbonyl (C=O) groups is 1. The maximum Gasteiger partial charge on any atom is 0.252 e. The van der Waals surface area contributed by atoms with E-state index in [-0.39, 0.29) is 29.1 Å². The van der Waals surface area contributed by atoms with Gasteiger partial charge in [-0.15, -0.1) is 11.3 Å². The zero-order valence-corrected chi connectivity index (χ0v) is 22.8. The molecule has 0 atom stereocenters. The van der Waals surface area contributed by atoms with Crippen molar-refractivity contribution in [3.63, 3.8) is 0 Å². The molecule has 1 saturated heterocycles. The van der Waals surface area contributed by atoms with Crippen molar-refractivity contribution in [3.8, 4) is 0 Å². The number of pyridine rings is 1. The highest BCUT2D eigenvalue weighted by Crippen LogP contribution is 2.34. The van der Waals surface area contributed by atoms with Crippen molar-refractivity contribution < 1.29 is 13.2 Å². The van der Waals surface area contributed by atoms with Crippen LogP contribution in [0.5, 0.6) is 0 Å². The van der Waals surface area contributed by atoms with E-state index in [2.05, 4.69) is 24.0 Å². The summed E-state index contributed by atoms with van der Waals surface area (Å²) in [6.45, 7) is 3.05. The monoisotopic (exact) mass is 560 g/mol. The number of amides is 1. The predicted octanol–water partition coefficient (Wildman–Crippen LogP) is 5.60. The summed E-state index contributed by atoms with van der Waals surface area (Å²) >= 11 is 8.51. The van der Waals surface area contributed by atoms with E-state index in [1.54, 1.807) is 23.4 Å². The van der Waals surface area contributed by atoms with Crippen molar-refractivity contribution in [1.82, 2.24) is 14.3 Å². The lowest BCUT2D eigenvalue weighted by molar-refractivity contribution is -0.123. The first-order valence-electron chi connectivity index (χ1n) is 11.7. The SMILES string of the molecule is CCc1ccc2nc(N(Cc3cccnc3)C(=O)C3CCN(S(=O)(=O)c4ccc(Cl)s4)CC3)sc2c1. The first-order valence-corrected chi connectivity index (χ1v) is 15.2. The maximum atomic E-state index is 13.8. The largest absolute Gasteiger partial charge is 0.283 e. The number of hydrogen-bond acceptors (Lipinski definition) is 7. The van der Waals surface area contributed by atoms with E-state index in [9.17, 15) is 13.2 Å². The Hall–Kier alpha value is -2.37. The number of nitrogens with zero attached hydrogens (tertiary/aromatic N) is 4. The molecule has 5 rings (SSSR count).